The zero-order valence-electron chi connectivity index (χ0n) is 9.04. The lowest BCUT2D eigenvalue weighted by Crippen LogP contribution is -2.43. The minimum absolute atomic E-state index is 0.630. The molecule has 2 atom stereocenters. The summed E-state index contributed by atoms with van der Waals surface area (Å²) in [4.78, 5) is 2.63. The fourth-order valence-corrected chi connectivity index (χ4v) is 2.82. The number of hydrogen-bond acceptors (Lipinski definition) is 2. The van der Waals surface area contributed by atoms with Gasteiger partial charge in [-0.15, -0.1) is 6.58 Å². The molecule has 2 rings (SSSR count). The second-order valence-electron chi connectivity index (χ2n) is 4.58. The van der Waals surface area contributed by atoms with Gasteiger partial charge >= 0.3 is 0 Å². The Labute approximate surface area is 87.4 Å². The normalized spacial score (nSPS) is 31.6. The molecule has 0 saturated carbocycles. The smallest absolute Gasteiger partial charge is 0.0316 e. The lowest BCUT2D eigenvalue weighted by molar-refractivity contribution is 0.153. The van der Waals surface area contributed by atoms with Gasteiger partial charge in [0.1, 0.15) is 0 Å². The third-order valence-electron chi connectivity index (χ3n) is 3.64. The van der Waals surface area contributed by atoms with E-state index in [9.17, 15) is 0 Å². The molecule has 0 spiro atoms. The van der Waals surface area contributed by atoms with Gasteiger partial charge in [0.2, 0.25) is 0 Å². The van der Waals surface area contributed by atoms with Crippen LogP contribution < -0.4 is 5.32 Å². The van der Waals surface area contributed by atoms with Gasteiger partial charge in [-0.05, 0) is 51.4 Å². The SMILES string of the molecule is C=CC(C1CCNC1)N1CCCCC1. The van der Waals surface area contributed by atoms with E-state index in [2.05, 4.69) is 22.9 Å². The third kappa shape index (κ3) is 2.18. The van der Waals surface area contributed by atoms with Crippen LogP contribution in [-0.4, -0.2) is 37.1 Å². The molecule has 0 aromatic carbocycles. The fraction of sp³-hybridized carbons (Fsp3) is 0.833. The molecule has 0 amide bonds. The van der Waals surface area contributed by atoms with Crippen LogP contribution >= 0.6 is 0 Å². The van der Waals surface area contributed by atoms with Crippen molar-refractivity contribution in [1.82, 2.24) is 10.2 Å². The molecule has 2 aliphatic heterocycles. The zero-order chi connectivity index (χ0) is 9.80. The van der Waals surface area contributed by atoms with E-state index < -0.39 is 0 Å². The van der Waals surface area contributed by atoms with Crippen molar-refractivity contribution in [2.45, 2.75) is 31.7 Å². The predicted molar refractivity (Wildman–Crippen MR) is 60.4 cm³/mol. The molecule has 2 fully saturated rings. The Morgan fingerprint density at radius 3 is 2.64 bits per heavy atom. The quantitative estimate of drug-likeness (QED) is 0.687. The van der Waals surface area contributed by atoms with E-state index >= 15 is 0 Å². The fourth-order valence-electron chi connectivity index (χ4n) is 2.82. The van der Waals surface area contributed by atoms with E-state index in [0.29, 0.717) is 6.04 Å². The minimum Gasteiger partial charge on any atom is -0.316 e. The maximum Gasteiger partial charge on any atom is 0.0316 e. The number of nitrogens with zero attached hydrogens (tertiary/aromatic N) is 1. The lowest BCUT2D eigenvalue weighted by atomic mass is 9.95. The number of rotatable bonds is 3. The molecule has 2 unspecified atom stereocenters. The molecule has 0 aromatic rings. The number of hydrogen-bond donors (Lipinski definition) is 1. The van der Waals surface area contributed by atoms with Gasteiger partial charge in [-0.25, -0.2) is 0 Å². The van der Waals surface area contributed by atoms with Crippen LogP contribution in [0.5, 0.6) is 0 Å². The molecule has 0 bridgehead atoms. The monoisotopic (exact) mass is 194 g/mol. The maximum atomic E-state index is 4.01. The molecule has 0 radical (unpaired) electrons. The molecule has 14 heavy (non-hydrogen) atoms. The standard InChI is InChI=1S/C12H22N2/c1-2-12(11-6-7-13-10-11)14-8-4-3-5-9-14/h2,11-13H,1,3-10H2. The predicted octanol–water partition coefficient (Wildman–Crippen LogP) is 1.64. The van der Waals surface area contributed by atoms with Crippen molar-refractivity contribution in [3.63, 3.8) is 0 Å². The summed E-state index contributed by atoms with van der Waals surface area (Å²) >= 11 is 0. The van der Waals surface area contributed by atoms with Crippen molar-refractivity contribution >= 4 is 0 Å². The molecular formula is C12H22N2. The van der Waals surface area contributed by atoms with Crippen LogP contribution in [0.1, 0.15) is 25.7 Å². The summed E-state index contributed by atoms with van der Waals surface area (Å²) in [6, 6.07) is 0.630. The summed E-state index contributed by atoms with van der Waals surface area (Å²) in [5.41, 5.74) is 0. The summed E-state index contributed by atoms with van der Waals surface area (Å²) in [7, 11) is 0. The maximum absolute atomic E-state index is 4.01. The highest BCUT2D eigenvalue weighted by molar-refractivity contribution is 4.96. The van der Waals surface area contributed by atoms with Crippen LogP contribution in [0.15, 0.2) is 12.7 Å². The van der Waals surface area contributed by atoms with Crippen molar-refractivity contribution in [2.75, 3.05) is 26.2 Å². The Morgan fingerprint density at radius 1 is 1.29 bits per heavy atom. The van der Waals surface area contributed by atoms with Crippen LogP contribution in [0, 0.1) is 5.92 Å². The largest absolute Gasteiger partial charge is 0.316 e. The molecule has 80 valence electrons. The highest BCUT2D eigenvalue weighted by atomic mass is 15.2. The first-order valence-electron chi connectivity index (χ1n) is 5.99. The Morgan fingerprint density at radius 2 is 2.07 bits per heavy atom. The van der Waals surface area contributed by atoms with Gasteiger partial charge in [-0.1, -0.05) is 12.5 Å². The van der Waals surface area contributed by atoms with Crippen LogP contribution in [-0.2, 0) is 0 Å². The van der Waals surface area contributed by atoms with Crippen molar-refractivity contribution in [2.24, 2.45) is 5.92 Å². The van der Waals surface area contributed by atoms with E-state index in [1.54, 1.807) is 0 Å². The summed E-state index contributed by atoms with van der Waals surface area (Å²) in [6.45, 7) is 8.97. The number of piperidine rings is 1. The van der Waals surface area contributed by atoms with Gasteiger partial charge in [0.05, 0.1) is 0 Å². The van der Waals surface area contributed by atoms with Crippen molar-refractivity contribution in [3.05, 3.63) is 12.7 Å². The van der Waals surface area contributed by atoms with Gasteiger partial charge < -0.3 is 5.32 Å². The number of likely N-dealkylation sites (tertiary alicyclic amines) is 1. The first-order valence-corrected chi connectivity index (χ1v) is 5.99. The molecule has 1 N–H and O–H groups in total. The van der Waals surface area contributed by atoms with E-state index in [4.69, 9.17) is 0 Å². The molecule has 0 aliphatic carbocycles. The van der Waals surface area contributed by atoms with Crippen LogP contribution in [0.4, 0.5) is 0 Å². The molecule has 2 aliphatic rings. The zero-order valence-corrected chi connectivity index (χ0v) is 9.04. The second-order valence-corrected chi connectivity index (χ2v) is 4.58. The molecule has 2 saturated heterocycles. The summed E-state index contributed by atoms with van der Waals surface area (Å²) in [5, 5.41) is 3.45. The molecule has 2 heteroatoms. The molecule has 2 nitrogen and oxygen atoms in total. The van der Waals surface area contributed by atoms with E-state index in [1.807, 2.05) is 0 Å². The first kappa shape index (κ1) is 10.2. The Hall–Kier alpha value is -0.340. The van der Waals surface area contributed by atoms with Crippen LogP contribution in [0.2, 0.25) is 0 Å². The minimum atomic E-state index is 0.630. The highest BCUT2D eigenvalue weighted by Crippen LogP contribution is 2.22. The van der Waals surface area contributed by atoms with Gasteiger partial charge in [-0.2, -0.15) is 0 Å². The van der Waals surface area contributed by atoms with Gasteiger partial charge in [0.25, 0.3) is 0 Å². The van der Waals surface area contributed by atoms with Crippen molar-refractivity contribution in [3.8, 4) is 0 Å². The van der Waals surface area contributed by atoms with Gasteiger partial charge in [0, 0.05) is 6.04 Å². The summed E-state index contributed by atoms with van der Waals surface area (Å²) in [5.74, 6) is 0.811. The highest BCUT2D eigenvalue weighted by Gasteiger charge is 2.27. The Kier molecular flexibility index (Phi) is 3.60. The third-order valence-corrected chi connectivity index (χ3v) is 3.64. The van der Waals surface area contributed by atoms with Crippen LogP contribution in [0.25, 0.3) is 0 Å². The number of nitrogens with one attached hydrogen (secondary N) is 1. The lowest BCUT2D eigenvalue weighted by Gasteiger charge is -2.35. The van der Waals surface area contributed by atoms with Gasteiger partial charge in [0.15, 0.2) is 0 Å². The van der Waals surface area contributed by atoms with E-state index in [1.165, 1.54) is 51.9 Å². The summed E-state index contributed by atoms with van der Waals surface area (Å²) < 4.78 is 0. The van der Waals surface area contributed by atoms with Crippen LogP contribution in [0.3, 0.4) is 0 Å². The average Bonchev–Trinajstić information content (AvgIpc) is 2.74. The average molecular weight is 194 g/mol. The second kappa shape index (κ2) is 4.94. The Balaban J connectivity index is 1.92. The topological polar surface area (TPSA) is 15.3 Å². The summed E-state index contributed by atoms with van der Waals surface area (Å²) in [6.07, 6.45) is 7.68. The van der Waals surface area contributed by atoms with Crippen molar-refractivity contribution in [1.29, 1.82) is 0 Å². The molecule has 0 aromatic heterocycles. The van der Waals surface area contributed by atoms with E-state index in [-0.39, 0.29) is 0 Å². The van der Waals surface area contributed by atoms with Crippen molar-refractivity contribution < 1.29 is 0 Å². The van der Waals surface area contributed by atoms with E-state index in [0.717, 1.165) is 5.92 Å². The van der Waals surface area contributed by atoms with Gasteiger partial charge in [-0.3, -0.25) is 4.90 Å². The molecule has 2 heterocycles. The Bertz CT molecular complexity index is 179. The first-order chi connectivity index (χ1) is 6.92. The molecular weight excluding hydrogens is 172 g/mol.